The molecule has 0 aliphatic rings. The summed E-state index contributed by atoms with van der Waals surface area (Å²) in [6.07, 6.45) is 0.889. The Labute approximate surface area is 192 Å². The van der Waals surface area contributed by atoms with Gasteiger partial charge in [0.1, 0.15) is 0 Å². The molecule has 2 nitrogen and oxygen atoms in total. The number of rotatable bonds is 6. The number of hydrogen-bond donors (Lipinski definition) is 0. The van der Waals surface area contributed by atoms with Gasteiger partial charge in [0.25, 0.3) is 0 Å². The van der Waals surface area contributed by atoms with E-state index in [1.165, 1.54) is 32.7 Å². The maximum atomic E-state index is 11.9. The van der Waals surface area contributed by atoms with Crippen molar-refractivity contribution in [1.29, 1.82) is 0 Å². The summed E-state index contributed by atoms with van der Waals surface area (Å²) in [5.41, 5.74) is 3.91. The van der Waals surface area contributed by atoms with Crippen LogP contribution in [-0.4, -0.2) is 6.29 Å². The van der Waals surface area contributed by atoms with E-state index in [0.717, 1.165) is 12.0 Å². The molecule has 0 fully saturated rings. The fraction of sp³-hybridized carbons (Fsp3) is 0.0690. The number of carbonyl (C=O) groups is 1. The van der Waals surface area contributed by atoms with Crippen LogP contribution in [0.1, 0.15) is 21.5 Å². The van der Waals surface area contributed by atoms with E-state index >= 15 is 0 Å². The molecule has 0 heterocycles. The topological polar surface area (TPSA) is 20.3 Å². The zero-order valence-electron chi connectivity index (χ0n) is 17.5. The molecule has 5 rings (SSSR count). The van der Waals surface area contributed by atoms with Gasteiger partial charge in [0, 0.05) is 29.4 Å². The van der Waals surface area contributed by atoms with E-state index in [1.807, 2.05) is 12.1 Å². The first-order valence-electron chi connectivity index (χ1n) is 10.7. The van der Waals surface area contributed by atoms with Crippen LogP contribution in [0.3, 0.4) is 0 Å². The van der Waals surface area contributed by atoms with Crippen LogP contribution < -0.4 is 4.90 Å². The Morgan fingerprint density at radius 1 is 0.656 bits per heavy atom. The average molecular weight is 436 g/mol. The lowest BCUT2D eigenvalue weighted by Gasteiger charge is -2.28. The Morgan fingerprint density at radius 2 is 1.19 bits per heavy atom. The quantitative estimate of drug-likeness (QED) is 0.255. The summed E-state index contributed by atoms with van der Waals surface area (Å²) in [6, 6.07) is 35.1. The second kappa shape index (κ2) is 8.86. The molecular weight excluding hydrogens is 414 g/mol. The van der Waals surface area contributed by atoms with Gasteiger partial charge in [-0.25, -0.2) is 0 Å². The van der Waals surface area contributed by atoms with Gasteiger partial charge in [0.15, 0.2) is 6.29 Å². The molecule has 0 aliphatic carbocycles. The van der Waals surface area contributed by atoms with E-state index in [9.17, 15) is 4.79 Å². The van der Waals surface area contributed by atoms with E-state index in [-0.39, 0.29) is 0 Å². The lowest BCUT2D eigenvalue weighted by atomic mass is 10.0. The third kappa shape index (κ3) is 3.98. The van der Waals surface area contributed by atoms with Crippen LogP contribution >= 0.6 is 11.6 Å². The minimum atomic E-state index is 0.561. The first-order chi connectivity index (χ1) is 15.7. The normalized spacial score (nSPS) is 11.0. The summed E-state index contributed by atoms with van der Waals surface area (Å²) >= 11 is 6.20. The third-order valence-corrected chi connectivity index (χ3v) is 6.17. The van der Waals surface area contributed by atoms with E-state index < -0.39 is 0 Å². The van der Waals surface area contributed by atoms with Gasteiger partial charge in [-0.1, -0.05) is 96.5 Å². The highest BCUT2D eigenvalue weighted by Crippen LogP contribution is 2.30. The molecule has 0 N–H and O–H groups in total. The minimum Gasteiger partial charge on any atom is -0.362 e. The van der Waals surface area contributed by atoms with Gasteiger partial charge in [-0.2, -0.15) is 0 Å². The van der Waals surface area contributed by atoms with Gasteiger partial charge < -0.3 is 4.90 Å². The largest absolute Gasteiger partial charge is 0.362 e. The van der Waals surface area contributed by atoms with Gasteiger partial charge >= 0.3 is 0 Å². The first kappa shape index (κ1) is 20.3. The fourth-order valence-electron chi connectivity index (χ4n) is 4.41. The molecule has 5 aromatic carbocycles. The lowest BCUT2D eigenvalue weighted by Crippen LogP contribution is -2.23. The van der Waals surface area contributed by atoms with Crippen molar-refractivity contribution < 1.29 is 4.79 Å². The number of halogens is 1. The van der Waals surface area contributed by atoms with Crippen LogP contribution in [0.15, 0.2) is 103 Å². The summed E-state index contributed by atoms with van der Waals surface area (Å²) < 4.78 is 0. The number of carbonyl (C=O) groups excluding carboxylic acids is 1. The summed E-state index contributed by atoms with van der Waals surface area (Å²) in [7, 11) is 0. The smallest absolute Gasteiger partial charge is 0.152 e. The maximum Gasteiger partial charge on any atom is 0.152 e. The SMILES string of the molecule is O=Cc1cc(Cl)ccc1N(Cc1cccc2ccccc12)Cc1cccc2ccccc12. The molecule has 32 heavy (non-hydrogen) atoms. The molecule has 0 saturated heterocycles. The molecule has 5 aromatic rings. The number of anilines is 1. The van der Waals surface area contributed by atoms with Gasteiger partial charge in [-0.15, -0.1) is 0 Å². The predicted octanol–water partition coefficient (Wildman–Crippen LogP) is 7.67. The molecule has 3 heteroatoms. The molecule has 156 valence electrons. The number of benzene rings is 5. The zero-order chi connectivity index (χ0) is 21.9. The van der Waals surface area contributed by atoms with Crippen molar-refractivity contribution in [2.24, 2.45) is 0 Å². The summed E-state index contributed by atoms with van der Waals surface area (Å²) in [4.78, 5) is 14.2. The second-order valence-electron chi connectivity index (χ2n) is 7.95. The average Bonchev–Trinajstić information content (AvgIpc) is 2.84. The molecule has 0 atom stereocenters. The van der Waals surface area contributed by atoms with Gasteiger partial charge in [-0.05, 0) is 50.9 Å². The van der Waals surface area contributed by atoms with Crippen molar-refractivity contribution in [3.05, 3.63) is 125 Å². The minimum absolute atomic E-state index is 0.561. The van der Waals surface area contributed by atoms with Crippen molar-refractivity contribution >= 4 is 45.1 Å². The number of nitrogens with zero attached hydrogens (tertiary/aromatic N) is 1. The highest BCUT2D eigenvalue weighted by atomic mass is 35.5. The van der Waals surface area contributed by atoms with Crippen LogP contribution in [0.2, 0.25) is 5.02 Å². The Bertz CT molecular complexity index is 1330. The zero-order valence-corrected chi connectivity index (χ0v) is 18.3. The molecule has 0 unspecified atom stereocenters. The Hall–Kier alpha value is -3.62. The van der Waals surface area contributed by atoms with Crippen LogP contribution in [0, 0.1) is 0 Å². The van der Waals surface area contributed by atoms with Crippen LogP contribution in [0.4, 0.5) is 5.69 Å². The number of fused-ring (bicyclic) bond motifs is 2. The second-order valence-corrected chi connectivity index (χ2v) is 8.39. The lowest BCUT2D eigenvalue weighted by molar-refractivity contribution is 0.112. The van der Waals surface area contributed by atoms with E-state index in [1.54, 1.807) is 6.07 Å². The van der Waals surface area contributed by atoms with Gasteiger partial charge in [-0.3, -0.25) is 4.79 Å². The maximum absolute atomic E-state index is 11.9. The molecule has 0 amide bonds. The van der Waals surface area contributed by atoms with E-state index in [4.69, 9.17) is 11.6 Å². The van der Waals surface area contributed by atoms with E-state index in [0.29, 0.717) is 23.7 Å². The summed E-state index contributed by atoms with van der Waals surface area (Å²) in [6.45, 7) is 1.35. The highest BCUT2D eigenvalue weighted by molar-refractivity contribution is 6.31. The Kier molecular flexibility index (Phi) is 5.62. The van der Waals surface area contributed by atoms with Gasteiger partial charge in [0.05, 0.1) is 0 Å². The van der Waals surface area contributed by atoms with Crippen LogP contribution in [0.5, 0.6) is 0 Å². The summed E-state index contributed by atoms with van der Waals surface area (Å²) in [5, 5.41) is 5.42. The van der Waals surface area contributed by atoms with Crippen LogP contribution in [0.25, 0.3) is 21.5 Å². The van der Waals surface area contributed by atoms with E-state index in [2.05, 4.69) is 89.8 Å². The number of hydrogen-bond acceptors (Lipinski definition) is 2. The standard InChI is InChI=1S/C29H22ClNO/c30-26-15-16-29(25(17-26)20-32)31(18-23-11-5-9-21-7-1-3-13-27(21)23)19-24-12-6-10-22-8-2-4-14-28(22)24/h1-17,20H,18-19H2. The first-order valence-corrected chi connectivity index (χ1v) is 11.0. The Morgan fingerprint density at radius 3 is 1.75 bits per heavy atom. The Balaban J connectivity index is 1.63. The van der Waals surface area contributed by atoms with Crippen molar-refractivity contribution in [2.45, 2.75) is 13.1 Å². The van der Waals surface area contributed by atoms with Crippen molar-refractivity contribution in [2.75, 3.05) is 4.90 Å². The molecule has 0 saturated carbocycles. The number of aldehydes is 1. The molecule has 0 aromatic heterocycles. The molecular formula is C29H22ClNO. The predicted molar refractivity (Wildman–Crippen MR) is 135 cm³/mol. The monoisotopic (exact) mass is 435 g/mol. The van der Waals surface area contributed by atoms with Crippen molar-refractivity contribution in [1.82, 2.24) is 0 Å². The molecule has 0 bridgehead atoms. The van der Waals surface area contributed by atoms with Crippen molar-refractivity contribution in [3.8, 4) is 0 Å². The summed E-state index contributed by atoms with van der Waals surface area (Å²) in [5.74, 6) is 0. The van der Waals surface area contributed by atoms with Gasteiger partial charge in [0.2, 0.25) is 0 Å². The molecule has 0 radical (unpaired) electrons. The van der Waals surface area contributed by atoms with Crippen molar-refractivity contribution in [3.63, 3.8) is 0 Å². The highest BCUT2D eigenvalue weighted by Gasteiger charge is 2.16. The molecule has 0 spiro atoms. The van der Waals surface area contributed by atoms with Crippen LogP contribution in [-0.2, 0) is 13.1 Å². The molecule has 0 aliphatic heterocycles. The fourth-order valence-corrected chi connectivity index (χ4v) is 4.59. The third-order valence-electron chi connectivity index (χ3n) is 5.94.